The van der Waals surface area contributed by atoms with Crippen molar-refractivity contribution in [1.29, 1.82) is 0 Å². The van der Waals surface area contributed by atoms with Crippen LogP contribution >= 0.6 is 0 Å². The minimum absolute atomic E-state index is 0.486. The number of hydrogen-bond acceptors (Lipinski definition) is 3. The average molecular weight is 269 g/mol. The zero-order valence-corrected chi connectivity index (χ0v) is 13.8. The molecule has 1 aliphatic rings. The third-order valence-corrected chi connectivity index (χ3v) is 4.39. The largest absolute Gasteiger partial charge is 0.314 e. The molecule has 1 unspecified atom stereocenters. The molecule has 1 atom stereocenters. The van der Waals surface area contributed by atoms with Gasteiger partial charge in [0.2, 0.25) is 0 Å². The summed E-state index contributed by atoms with van der Waals surface area (Å²) in [7, 11) is 4.26. The van der Waals surface area contributed by atoms with Crippen molar-refractivity contribution >= 4 is 0 Å². The van der Waals surface area contributed by atoms with E-state index in [1.165, 1.54) is 38.9 Å². The van der Waals surface area contributed by atoms with E-state index >= 15 is 0 Å². The topological polar surface area (TPSA) is 18.5 Å². The van der Waals surface area contributed by atoms with Crippen molar-refractivity contribution in [3.05, 3.63) is 0 Å². The first kappa shape index (κ1) is 16.9. The van der Waals surface area contributed by atoms with Crippen LogP contribution in [0, 0.1) is 11.3 Å². The highest BCUT2D eigenvalue weighted by molar-refractivity contribution is 4.79. The van der Waals surface area contributed by atoms with Crippen LogP contribution in [0.25, 0.3) is 0 Å². The van der Waals surface area contributed by atoms with Gasteiger partial charge in [-0.15, -0.1) is 0 Å². The van der Waals surface area contributed by atoms with Gasteiger partial charge in [0.05, 0.1) is 0 Å². The summed E-state index contributed by atoms with van der Waals surface area (Å²) < 4.78 is 0. The van der Waals surface area contributed by atoms with E-state index in [1.54, 1.807) is 0 Å². The zero-order chi connectivity index (χ0) is 14.3. The van der Waals surface area contributed by atoms with E-state index in [2.05, 4.69) is 50.0 Å². The molecule has 0 saturated carbocycles. The number of likely N-dealkylation sites (tertiary alicyclic amines) is 1. The van der Waals surface area contributed by atoms with Crippen molar-refractivity contribution in [2.24, 2.45) is 11.3 Å². The molecule has 3 nitrogen and oxygen atoms in total. The van der Waals surface area contributed by atoms with Gasteiger partial charge < -0.3 is 15.1 Å². The first-order valence-electron chi connectivity index (χ1n) is 7.97. The molecular formula is C16H35N3. The molecule has 0 amide bonds. The Morgan fingerprint density at radius 3 is 2.47 bits per heavy atom. The predicted octanol–water partition coefficient (Wildman–Crippen LogP) is 2.29. The van der Waals surface area contributed by atoms with E-state index in [9.17, 15) is 0 Å². The Kier molecular flexibility index (Phi) is 7.33. The van der Waals surface area contributed by atoms with Crippen LogP contribution in [0.4, 0.5) is 0 Å². The van der Waals surface area contributed by atoms with Gasteiger partial charge in [0.1, 0.15) is 0 Å². The van der Waals surface area contributed by atoms with Crippen LogP contribution in [-0.4, -0.2) is 63.2 Å². The molecule has 1 N–H and O–H groups in total. The van der Waals surface area contributed by atoms with Gasteiger partial charge in [-0.1, -0.05) is 20.8 Å². The monoisotopic (exact) mass is 269 g/mol. The third-order valence-electron chi connectivity index (χ3n) is 4.39. The summed E-state index contributed by atoms with van der Waals surface area (Å²) in [5.74, 6) is 0.902. The first-order valence-corrected chi connectivity index (χ1v) is 7.97. The summed E-state index contributed by atoms with van der Waals surface area (Å²) in [5, 5.41) is 3.54. The molecule has 114 valence electrons. The third kappa shape index (κ3) is 7.28. The van der Waals surface area contributed by atoms with Crippen LogP contribution in [0.15, 0.2) is 0 Å². The van der Waals surface area contributed by atoms with Crippen molar-refractivity contribution in [2.45, 2.75) is 40.0 Å². The molecule has 3 heteroatoms. The van der Waals surface area contributed by atoms with Gasteiger partial charge in [0, 0.05) is 26.2 Å². The van der Waals surface area contributed by atoms with E-state index in [-0.39, 0.29) is 0 Å². The molecule has 1 saturated heterocycles. The van der Waals surface area contributed by atoms with E-state index < -0.39 is 0 Å². The molecule has 1 heterocycles. The smallest absolute Gasteiger partial charge is 0.0107 e. The second-order valence-corrected chi connectivity index (χ2v) is 7.39. The van der Waals surface area contributed by atoms with Crippen LogP contribution in [-0.2, 0) is 0 Å². The summed E-state index contributed by atoms with van der Waals surface area (Å²) in [6, 6.07) is 0. The fourth-order valence-electron chi connectivity index (χ4n) is 2.91. The molecule has 1 rings (SSSR count). The molecule has 0 radical (unpaired) electrons. The van der Waals surface area contributed by atoms with Gasteiger partial charge >= 0.3 is 0 Å². The van der Waals surface area contributed by atoms with Gasteiger partial charge in [0.15, 0.2) is 0 Å². The van der Waals surface area contributed by atoms with Crippen LogP contribution in [0.2, 0.25) is 0 Å². The Morgan fingerprint density at radius 2 is 1.84 bits per heavy atom. The molecule has 1 aliphatic heterocycles. The molecule has 0 aromatic carbocycles. The van der Waals surface area contributed by atoms with Crippen molar-refractivity contribution in [3.63, 3.8) is 0 Å². The van der Waals surface area contributed by atoms with E-state index in [0.717, 1.165) is 25.6 Å². The Bertz CT molecular complexity index is 233. The number of hydrogen-bond donors (Lipinski definition) is 1. The Balaban J connectivity index is 2.15. The Morgan fingerprint density at radius 1 is 1.11 bits per heavy atom. The highest BCUT2D eigenvalue weighted by Crippen LogP contribution is 2.34. The maximum Gasteiger partial charge on any atom is 0.0107 e. The first-order chi connectivity index (χ1) is 8.89. The molecule has 0 spiro atoms. The highest BCUT2D eigenvalue weighted by Gasteiger charge is 2.26. The van der Waals surface area contributed by atoms with Gasteiger partial charge in [-0.25, -0.2) is 0 Å². The molecular weight excluding hydrogens is 234 g/mol. The molecule has 0 aliphatic carbocycles. The number of nitrogens with zero attached hydrogens (tertiary/aromatic N) is 2. The average Bonchev–Trinajstić information content (AvgIpc) is 2.53. The minimum Gasteiger partial charge on any atom is -0.314 e. The number of rotatable bonds is 6. The summed E-state index contributed by atoms with van der Waals surface area (Å²) >= 11 is 0. The summed E-state index contributed by atoms with van der Waals surface area (Å²) in [4.78, 5) is 4.88. The standard InChI is InChI=1S/C16H35N3/c1-16(2,3)15-7-6-11-19(12-8-15)14-10-17-9-13-18(4)5/h15,17H,6-14H2,1-5H3. The van der Waals surface area contributed by atoms with Crippen LogP contribution in [0.1, 0.15) is 40.0 Å². The van der Waals surface area contributed by atoms with Gasteiger partial charge in [-0.05, 0) is 57.8 Å². The van der Waals surface area contributed by atoms with E-state index in [1.807, 2.05) is 0 Å². The zero-order valence-electron chi connectivity index (χ0n) is 13.8. The molecule has 0 aromatic rings. The van der Waals surface area contributed by atoms with Crippen LogP contribution in [0.5, 0.6) is 0 Å². The molecule has 0 aromatic heterocycles. The van der Waals surface area contributed by atoms with Crippen molar-refractivity contribution in [1.82, 2.24) is 15.1 Å². The quantitative estimate of drug-likeness (QED) is 0.746. The number of likely N-dealkylation sites (N-methyl/N-ethyl adjacent to an activating group) is 1. The van der Waals surface area contributed by atoms with Crippen molar-refractivity contribution < 1.29 is 0 Å². The molecule has 1 fully saturated rings. The highest BCUT2D eigenvalue weighted by atomic mass is 15.1. The molecule has 19 heavy (non-hydrogen) atoms. The summed E-state index contributed by atoms with van der Waals surface area (Å²) in [5.41, 5.74) is 0.486. The summed E-state index contributed by atoms with van der Waals surface area (Å²) in [6.07, 6.45) is 4.16. The Hall–Kier alpha value is -0.120. The lowest BCUT2D eigenvalue weighted by Crippen LogP contribution is -2.35. The fraction of sp³-hybridized carbons (Fsp3) is 1.00. The second kappa shape index (κ2) is 8.23. The predicted molar refractivity (Wildman–Crippen MR) is 84.7 cm³/mol. The van der Waals surface area contributed by atoms with E-state index in [4.69, 9.17) is 0 Å². The minimum atomic E-state index is 0.486. The fourth-order valence-corrected chi connectivity index (χ4v) is 2.91. The number of nitrogens with one attached hydrogen (secondary N) is 1. The summed E-state index contributed by atoms with van der Waals surface area (Å²) in [6.45, 7) is 14.4. The SMILES string of the molecule is CN(C)CCNCCN1CCCC(C(C)(C)C)CC1. The molecule has 0 bridgehead atoms. The lowest BCUT2D eigenvalue weighted by atomic mass is 9.77. The normalized spacial score (nSPS) is 22.7. The lowest BCUT2D eigenvalue weighted by Gasteiger charge is -2.29. The maximum atomic E-state index is 3.54. The van der Waals surface area contributed by atoms with Gasteiger partial charge in [-0.2, -0.15) is 0 Å². The van der Waals surface area contributed by atoms with E-state index in [0.29, 0.717) is 5.41 Å². The Labute approximate surface area is 120 Å². The van der Waals surface area contributed by atoms with Crippen LogP contribution < -0.4 is 5.32 Å². The van der Waals surface area contributed by atoms with Crippen LogP contribution in [0.3, 0.4) is 0 Å². The van der Waals surface area contributed by atoms with Crippen molar-refractivity contribution in [2.75, 3.05) is 53.4 Å². The van der Waals surface area contributed by atoms with Gasteiger partial charge in [-0.3, -0.25) is 0 Å². The van der Waals surface area contributed by atoms with Crippen molar-refractivity contribution in [3.8, 4) is 0 Å². The van der Waals surface area contributed by atoms with Gasteiger partial charge in [0.25, 0.3) is 0 Å². The maximum absolute atomic E-state index is 3.54. The lowest BCUT2D eigenvalue weighted by molar-refractivity contribution is 0.208. The second-order valence-electron chi connectivity index (χ2n) is 7.39.